The highest BCUT2D eigenvalue weighted by molar-refractivity contribution is 7.99. The highest BCUT2D eigenvalue weighted by atomic mass is 32.2. The molecule has 0 radical (unpaired) electrons. The van der Waals surface area contributed by atoms with Crippen LogP contribution in [0, 0.1) is 17.2 Å². The zero-order chi connectivity index (χ0) is 19.7. The number of anilines is 1. The van der Waals surface area contributed by atoms with E-state index in [1.807, 2.05) is 6.07 Å². The van der Waals surface area contributed by atoms with Gasteiger partial charge in [-0.1, -0.05) is 24.8 Å². The summed E-state index contributed by atoms with van der Waals surface area (Å²) in [7, 11) is 0. The molecule has 1 amide bonds. The van der Waals surface area contributed by atoms with E-state index in [2.05, 4.69) is 22.2 Å². The van der Waals surface area contributed by atoms with Crippen molar-refractivity contribution in [3.8, 4) is 6.07 Å². The van der Waals surface area contributed by atoms with Crippen molar-refractivity contribution < 1.29 is 4.79 Å². The minimum absolute atomic E-state index is 0.118. The molecule has 6 nitrogen and oxygen atoms in total. The molecule has 1 aromatic carbocycles. The van der Waals surface area contributed by atoms with Crippen molar-refractivity contribution in [2.45, 2.75) is 31.3 Å². The monoisotopic (exact) mass is 410 g/mol. The van der Waals surface area contributed by atoms with E-state index >= 15 is 0 Å². The molecule has 0 aliphatic heterocycles. The van der Waals surface area contributed by atoms with Crippen LogP contribution in [0.5, 0.6) is 0 Å². The third-order valence-corrected chi connectivity index (χ3v) is 6.78. The van der Waals surface area contributed by atoms with Gasteiger partial charge in [-0.3, -0.25) is 9.59 Å². The summed E-state index contributed by atoms with van der Waals surface area (Å²) in [5, 5.41) is 12.8. The van der Waals surface area contributed by atoms with Crippen molar-refractivity contribution >= 4 is 44.9 Å². The maximum Gasteiger partial charge on any atom is 0.260 e. The van der Waals surface area contributed by atoms with Crippen LogP contribution in [0.15, 0.2) is 34.2 Å². The van der Waals surface area contributed by atoms with Crippen molar-refractivity contribution in [2.24, 2.45) is 5.92 Å². The van der Waals surface area contributed by atoms with Crippen LogP contribution in [0.1, 0.15) is 29.3 Å². The number of nitriles is 1. The molecule has 1 atom stereocenters. The lowest BCUT2D eigenvalue weighted by Crippen LogP contribution is -2.16. The number of aromatic amines is 1. The second-order valence-electron chi connectivity index (χ2n) is 6.93. The SMILES string of the molecule is C[C@@H]1CCc2c(sc3nc(SCC(=O)Nc4cccc(C#N)c4)[nH]c(=O)c23)C1. The number of amides is 1. The van der Waals surface area contributed by atoms with Gasteiger partial charge in [0.25, 0.3) is 5.56 Å². The van der Waals surface area contributed by atoms with Crippen molar-refractivity contribution in [1.29, 1.82) is 5.26 Å². The Bertz CT molecular complexity index is 1160. The molecule has 2 N–H and O–H groups in total. The van der Waals surface area contributed by atoms with Crippen LogP contribution in [0.25, 0.3) is 10.2 Å². The number of aromatic nitrogens is 2. The third-order valence-electron chi connectivity index (χ3n) is 4.76. The fourth-order valence-electron chi connectivity index (χ4n) is 3.39. The topological polar surface area (TPSA) is 98.6 Å². The lowest BCUT2D eigenvalue weighted by Gasteiger charge is -2.17. The Balaban J connectivity index is 1.48. The number of rotatable bonds is 4. The molecule has 4 rings (SSSR count). The molecule has 142 valence electrons. The number of hydrogen-bond acceptors (Lipinski definition) is 6. The summed E-state index contributed by atoms with van der Waals surface area (Å²) in [6, 6.07) is 8.78. The van der Waals surface area contributed by atoms with Crippen LogP contribution >= 0.6 is 23.1 Å². The predicted octanol–water partition coefficient (Wildman–Crippen LogP) is 3.71. The predicted molar refractivity (Wildman–Crippen MR) is 112 cm³/mol. The number of carbonyl (C=O) groups is 1. The Labute approximate surface area is 170 Å². The summed E-state index contributed by atoms with van der Waals surface area (Å²) in [6.45, 7) is 2.23. The van der Waals surface area contributed by atoms with Crippen LogP contribution in [0.3, 0.4) is 0 Å². The molecule has 0 saturated carbocycles. The first-order chi connectivity index (χ1) is 13.5. The highest BCUT2D eigenvalue weighted by Gasteiger charge is 2.23. The summed E-state index contributed by atoms with van der Waals surface area (Å²) in [5.74, 6) is 0.534. The van der Waals surface area contributed by atoms with Gasteiger partial charge in [0.05, 0.1) is 22.8 Å². The number of hydrogen-bond donors (Lipinski definition) is 2. The fourth-order valence-corrected chi connectivity index (χ4v) is 5.50. The zero-order valence-corrected chi connectivity index (χ0v) is 16.9. The minimum atomic E-state index is -0.220. The zero-order valence-electron chi connectivity index (χ0n) is 15.2. The van der Waals surface area contributed by atoms with Crippen molar-refractivity contribution in [3.05, 3.63) is 50.6 Å². The molecule has 1 aliphatic rings. The Hall–Kier alpha value is -2.63. The summed E-state index contributed by atoms with van der Waals surface area (Å²) in [5.41, 5.74) is 2.08. The van der Waals surface area contributed by atoms with Crippen molar-refractivity contribution in [3.63, 3.8) is 0 Å². The normalized spacial score (nSPS) is 15.8. The molecule has 3 aromatic rings. The maximum atomic E-state index is 12.6. The van der Waals surface area contributed by atoms with E-state index in [-0.39, 0.29) is 17.2 Å². The second kappa shape index (κ2) is 7.78. The minimum Gasteiger partial charge on any atom is -0.325 e. The number of carbonyl (C=O) groups excluding carboxylic acids is 1. The number of thioether (sulfide) groups is 1. The van der Waals surface area contributed by atoms with Gasteiger partial charge in [-0.15, -0.1) is 11.3 Å². The van der Waals surface area contributed by atoms with E-state index in [1.165, 1.54) is 16.6 Å². The molecule has 1 aliphatic carbocycles. The Morgan fingerprint density at radius 3 is 3.18 bits per heavy atom. The third kappa shape index (κ3) is 3.81. The van der Waals surface area contributed by atoms with E-state index < -0.39 is 0 Å². The number of nitrogens with zero attached hydrogens (tertiary/aromatic N) is 2. The number of nitrogens with one attached hydrogen (secondary N) is 2. The Kier molecular flexibility index (Phi) is 5.20. The van der Waals surface area contributed by atoms with Gasteiger partial charge in [-0.05, 0) is 48.9 Å². The molecule has 0 fully saturated rings. The first-order valence-electron chi connectivity index (χ1n) is 9.01. The van der Waals surface area contributed by atoms with Crippen molar-refractivity contribution in [1.82, 2.24) is 9.97 Å². The largest absolute Gasteiger partial charge is 0.325 e. The van der Waals surface area contributed by atoms with Gasteiger partial charge in [0, 0.05) is 10.6 Å². The average molecular weight is 411 g/mol. The quantitative estimate of drug-likeness (QED) is 0.505. The first-order valence-corrected chi connectivity index (χ1v) is 10.8. The molecular weight excluding hydrogens is 392 g/mol. The lowest BCUT2D eigenvalue weighted by molar-refractivity contribution is -0.113. The summed E-state index contributed by atoms with van der Waals surface area (Å²) >= 11 is 2.79. The summed E-state index contributed by atoms with van der Waals surface area (Å²) < 4.78 is 0. The van der Waals surface area contributed by atoms with E-state index in [0.29, 0.717) is 27.7 Å². The van der Waals surface area contributed by atoms with E-state index in [9.17, 15) is 9.59 Å². The van der Waals surface area contributed by atoms with Gasteiger partial charge in [0.15, 0.2) is 5.16 Å². The smallest absolute Gasteiger partial charge is 0.260 e. The van der Waals surface area contributed by atoms with E-state index in [0.717, 1.165) is 29.7 Å². The number of H-pyrrole nitrogens is 1. The van der Waals surface area contributed by atoms with Crippen LogP contribution in [0.4, 0.5) is 5.69 Å². The molecule has 0 spiro atoms. The molecule has 2 heterocycles. The Morgan fingerprint density at radius 1 is 1.50 bits per heavy atom. The molecule has 0 bridgehead atoms. The molecule has 0 unspecified atom stereocenters. The van der Waals surface area contributed by atoms with E-state index in [4.69, 9.17) is 5.26 Å². The standard InChI is InChI=1S/C20H18N4O2S2/c1-11-5-6-14-15(7-11)28-19-17(14)18(26)23-20(24-19)27-10-16(25)22-13-4-2-3-12(8-13)9-21/h2-4,8,11H,5-7,10H2,1H3,(H,22,25)(H,23,24,26)/t11-/m1/s1. The van der Waals surface area contributed by atoms with Gasteiger partial charge in [-0.2, -0.15) is 5.26 Å². The van der Waals surface area contributed by atoms with Gasteiger partial charge in [0.1, 0.15) is 4.83 Å². The molecule has 28 heavy (non-hydrogen) atoms. The number of thiophene rings is 1. The van der Waals surface area contributed by atoms with Gasteiger partial charge >= 0.3 is 0 Å². The highest BCUT2D eigenvalue weighted by Crippen LogP contribution is 2.36. The maximum absolute atomic E-state index is 12.6. The van der Waals surface area contributed by atoms with Crippen LogP contribution in [-0.4, -0.2) is 21.6 Å². The van der Waals surface area contributed by atoms with Gasteiger partial charge < -0.3 is 10.3 Å². The molecular formula is C20H18N4O2S2. The Morgan fingerprint density at radius 2 is 2.36 bits per heavy atom. The first kappa shape index (κ1) is 18.7. The lowest BCUT2D eigenvalue weighted by atomic mass is 9.89. The second-order valence-corrected chi connectivity index (χ2v) is 8.98. The van der Waals surface area contributed by atoms with Crippen LogP contribution < -0.4 is 10.9 Å². The molecule has 2 aromatic heterocycles. The van der Waals surface area contributed by atoms with Crippen LogP contribution in [0.2, 0.25) is 0 Å². The van der Waals surface area contributed by atoms with Gasteiger partial charge in [0.2, 0.25) is 5.91 Å². The summed E-state index contributed by atoms with van der Waals surface area (Å²) in [4.78, 5) is 34.2. The fraction of sp³-hybridized carbons (Fsp3) is 0.300. The molecule has 0 saturated heterocycles. The van der Waals surface area contributed by atoms with Crippen LogP contribution in [-0.2, 0) is 17.6 Å². The van der Waals surface area contributed by atoms with Gasteiger partial charge in [-0.25, -0.2) is 4.98 Å². The number of fused-ring (bicyclic) bond motifs is 3. The summed E-state index contributed by atoms with van der Waals surface area (Å²) in [6.07, 6.45) is 3.03. The van der Waals surface area contributed by atoms with Crippen molar-refractivity contribution in [2.75, 3.05) is 11.1 Å². The number of aryl methyl sites for hydroxylation is 1. The molecule has 8 heteroatoms. The average Bonchev–Trinajstić information content (AvgIpc) is 3.04. The van der Waals surface area contributed by atoms with E-state index in [1.54, 1.807) is 35.6 Å². The number of benzene rings is 1.